The van der Waals surface area contributed by atoms with Crippen LogP contribution in [0.3, 0.4) is 0 Å². The molecule has 15 heavy (non-hydrogen) atoms. The van der Waals surface area contributed by atoms with Crippen LogP contribution in [0.1, 0.15) is 10.5 Å². The van der Waals surface area contributed by atoms with Crippen LogP contribution in [0.2, 0.25) is 0 Å². The molecule has 0 saturated heterocycles. The number of esters is 1. The Hall–Kier alpha value is -2.17. The second-order valence-electron chi connectivity index (χ2n) is 2.97. The maximum atomic E-state index is 11.2. The molecule has 0 atom stereocenters. The van der Waals surface area contributed by atoms with Gasteiger partial charge in [0.15, 0.2) is 0 Å². The van der Waals surface area contributed by atoms with Crippen LogP contribution in [0.4, 0.5) is 0 Å². The quantitative estimate of drug-likeness (QED) is 0.694. The van der Waals surface area contributed by atoms with Crippen LogP contribution in [-0.4, -0.2) is 23.0 Å². The molecule has 76 valence electrons. The van der Waals surface area contributed by atoms with Crippen molar-refractivity contribution in [3.8, 4) is 0 Å². The van der Waals surface area contributed by atoms with Gasteiger partial charge in [-0.2, -0.15) is 0 Å². The molecule has 0 aliphatic heterocycles. The second kappa shape index (κ2) is 3.53. The summed E-state index contributed by atoms with van der Waals surface area (Å²) in [4.78, 5) is 28.7. The number of hydrogen-bond acceptors (Lipinski definition) is 4. The van der Waals surface area contributed by atoms with E-state index in [9.17, 15) is 9.59 Å². The summed E-state index contributed by atoms with van der Waals surface area (Å²) in [5, 5.41) is 0.766. The zero-order valence-corrected chi connectivity index (χ0v) is 7.98. The molecular formula is C10H8N2O3. The van der Waals surface area contributed by atoms with Crippen LogP contribution in [0.15, 0.2) is 29.2 Å². The van der Waals surface area contributed by atoms with Gasteiger partial charge in [-0.1, -0.05) is 0 Å². The molecule has 0 amide bonds. The number of nitrogens with zero attached hydrogens (tertiary/aromatic N) is 1. The number of fused-ring (bicyclic) bond motifs is 1. The van der Waals surface area contributed by atoms with Crippen LogP contribution in [-0.2, 0) is 4.74 Å². The van der Waals surface area contributed by atoms with E-state index in [-0.39, 0.29) is 11.3 Å². The molecule has 2 aromatic heterocycles. The fourth-order valence-corrected chi connectivity index (χ4v) is 1.26. The zero-order valence-electron chi connectivity index (χ0n) is 7.98. The predicted octanol–water partition coefficient (Wildman–Crippen LogP) is 0.710. The third-order valence-electron chi connectivity index (χ3n) is 2.00. The molecule has 2 aromatic rings. The number of pyridine rings is 2. The maximum Gasteiger partial charge on any atom is 0.356 e. The Balaban J connectivity index is 2.64. The van der Waals surface area contributed by atoms with Gasteiger partial charge in [-0.25, -0.2) is 9.78 Å². The largest absolute Gasteiger partial charge is 0.464 e. The van der Waals surface area contributed by atoms with Crippen molar-refractivity contribution in [2.45, 2.75) is 0 Å². The van der Waals surface area contributed by atoms with E-state index in [1.165, 1.54) is 25.4 Å². The summed E-state index contributed by atoms with van der Waals surface area (Å²) in [7, 11) is 1.28. The molecule has 0 unspecified atom stereocenters. The normalized spacial score (nSPS) is 10.2. The SMILES string of the molecule is COC(=O)c1cc2[nH]c(=O)ccc2cn1. The molecule has 1 N–H and O–H groups in total. The molecule has 0 saturated carbocycles. The molecule has 0 spiro atoms. The number of hydrogen-bond donors (Lipinski definition) is 1. The van der Waals surface area contributed by atoms with Crippen LogP contribution in [0.25, 0.3) is 10.9 Å². The number of carbonyl (C=O) groups is 1. The van der Waals surface area contributed by atoms with Crippen molar-refractivity contribution in [1.29, 1.82) is 0 Å². The fourth-order valence-electron chi connectivity index (χ4n) is 1.26. The van der Waals surface area contributed by atoms with Crippen LogP contribution < -0.4 is 5.56 Å². The van der Waals surface area contributed by atoms with Gasteiger partial charge in [0, 0.05) is 17.6 Å². The molecule has 0 aliphatic carbocycles. The highest BCUT2D eigenvalue weighted by atomic mass is 16.5. The lowest BCUT2D eigenvalue weighted by atomic mass is 10.2. The van der Waals surface area contributed by atoms with Gasteiger partial charge in [0.1, 0.15) is 5.69 Å². The molecule has 2 heterocycles. The van der Waals surface area contributed by atoms with E-state index < -0.39 is 5.97 Å². The lowest BCUT2D eigenvalue weighted by molar-refractivity contribution is 0.0594. The van der Waals surface area contributed by atoms with Crippen LogP contribution in [0.5, 0.6) is 0 Å². The Bertz CT molecular complexity index is 574. The van der Waals surface area contributed by atoms with Gasteiger partial charge in [0.25, 0.3) is 0 Å². The first-order valence-corrected chi connectivity index (χ1v) is 4.28. The van der Waals surface area contributed by atoms with Gasteiger partial charge < -0.3 is 9.72 Å². The summed E-state index contributed by atoms with van der Waals surface area (Å²) in [5.74, 6) is -0.526. The predicted molar refractivity (Wildman–Crippen MR) is 53.7 cm³/mol. The van der Waals surface area contributed by atoms with E-state index >= 15 is 0 Å². The number of H-pyrrole nitrogens is 1. The van der Waals surface area contributed by atoms with Gasteiger partial charge >= 0.3 is 5.97 Å². The van der Waals surface area contributed by atoms with E-state index in [4.69, 9.17) is 0 Å². The molecule has 0 bridgehead atoms. The molecular weight excluding hydrogens is 196 g/mol. The van der Waals surface area contributed by atoms with Crippen molar-refractivity contribution in [3.05, 3.63) is 40.4 Å². The Morgan fingerprint density at radius 2 is 2.27 bits per heavy atom. The molecule has 5 nitrogen and oxygen atoms in total. The number of aromatic nitrogens is 2. The number of aromatic amines is 1. The first kappa shape index (κ1) is 9.39. The minimum absolute atomic E-state index is 0.173. The molecule has 0 aliphatic rings. The molecule has 0 fully saturated rings. The molecule has 0 aromatic carbocycles. The average molecular weight is 204 g/mol. The smallest absolute Gasteiger partial charge is 0.356 e. The number of methoxy groups -OCH3 is 1. The van der Waals surface area contributed by atoms with Crippen LogP contribution in [0, 0.1) is 0 Å². The van der Waals surface area contributed by atoms with Gasteiger partial charge in [-0.15, -0.1) is 0 Å². The topological polar surface area (TPSA) is 72.1 Å². The first-order chi connectivity index (χ1) is 7.20. The van der Waals surface area contributed by atoms with Crippen molar-refractivity contribution in [2.24, 2.45) is 0 Å². The van der Waals surface area contributed by atoms with Crippen molar-refractivity contribution in [2.75, 3.05) is 7.11 Å². The average Bonchev–Trinajstić information content (AvgIpc) is 2.27. The minimum Gasteiger partial charge on any atom is -0.464 e. The summed E-state index contributed by atoms with van der Waals surface area (Å²) < 4.78 is 4.52. The van der Waals surface area contributed by atoms with E-state index in [0.29, 0.717) is 5.52 Å². The first-order valence-electron chi connectivity index (χ1n) is 4.28. The third kappa shape index (κ3) is 1.71. The summed E-state index contributed by atoms with van der Waals surface area (Å²) in [6, 6.07) is 4.53. The van der Waals surface area contributed by atoms with Gasteiger partial charge in [0.05, 0.1) is 12.6 Å². The van der Waals surface area contributed by atoms with Crippen LogP contribution >= 0.6 is 0 Å². The molecule has 5 heteroatoms. The van der Waals surface area contributed by atoms with Crippen molar-refractivity contribution in [3.63, 3.8) is 0 Å². The van der Waals surface area contributed by atoms with Gasteiger partial charge in [-0.05, 0) is 12.1 Å². The fraction of sp³-hybridized carbons (Fsp3) is 0.100. The second-order valence-corrected chi connectivity index (χ2v) is 2.97. The highest BCUT2D eigenvalue weighted by molar-refractivity contribution is 5.91. The number of carbonyl (C=O) groups excluding carboxylic acids is 1. The van der Waals surface area contributed by atoms with E-state index in [2.05, 4.69) is 14.7 Å². The summed E-state index contributed by atoms with van der Waals surface area (Å²) >= 11 is 0. The maximum absolute atomic E-state index is 11.2. The summed E-state index contributed by atoms with van der Waals surface area (Å²) in [6.07, 6.45) is 1.51. The Morgan fingerprint density at radius 1 is 1.47 bits per heavy atom. The van der Waals surface area contributed by atoms with Gasteiger partial charge in [0.2, 0.25) is 5.56 Å². The minimum atomic E-state index is -0.526. The summed E-state index contributed by atoms with van der Waals surface area (Å²) in [5.41, 5.74) is 0.522. The Morgan fingerprint density at radius 3 is 3.00 bits per heavy atom. The molecule has 2 rings (SSSR count). The standard InChI is InChI=1S/C10H8N2O3/c1-15-10(14)8-4-7-6(5-11-8)2-3-9(13)12-7/h2-5H,1H3,(H,12,13). The lowest BCUT2D eigenvalue weighted by Gasteiger charge is -2.00. The monoisotopic (exact) mass is 204 g/mol. The van der Waals surface area contributed by atoms with Crippen molar-refractivity contribution < 1.29 is 9.53 Å². The number of rotatable bonds is 1. The zero-order chi connectivity index (χ0) is 10.8. The lowest BCUT2D eigenvalue weighted by Crippen LogP contribution is -2.07. The number of nitrogens with one attached hydrogen (secondary N) is 1. The Labute approximate surface area is 84.7 Å². The van der Waals surface area contributed by atoms with E-state index in [1.807, 2.05) is 0 Å². The molecule has 0 radical (unpaired) electrons. The van der Waals surface area contributed by atoms with Crippen molar-refractivity contribution >= 4 is 16.9 Å². The third-order valence-corrected chi connectivity index (χ3v) is 2.00. The van der Waals surface area contributed by atoms with E-state index in [0.717, 1.165) is 5.39 Å². The van der Waals surface area contributed by atoms with E-state index in [1.54, 1.807) is 6.07 Å². The number of ether oxygens (including phenoxy) is 1. The summed E-state index contributed by atoms with van der Waals surface area (Å²) in [6.45, 7) is 0. The highest BCUT2D eigenvalue weighted by Crippen LogP contribution is 2.09. The van der Waals surface area contributed by atoms with Gasteiger partial charge in [-0.3, -0.25) is 4.79 Å². The Kier molecular flexibility index (Phi) is 2.21. The van der Waals surface area contributed by atoms with Crippen molar-refractivity contribution in [1.82, 2.24) is 9.97 Å². The highest BCUT2D eigenvalue weighted by Gasteiger charge is 2.07.